The summed E-state index contributed by atoms with van der Waals surface area (Å²) in [7, 11) is 0. The van der Waals surface area contributed by atoms with Crippen LogP contribution in [0.4, 0.5) is 0 Å². The number of aliphatic carboxylic acids is 1. The predicted octanol–water partition coefficient (Wildman–Crippen LogP) is 0.514. The number of carboxylic acid groups (broad SMARTS) is 1. The molecule has 0 spiro atoms. The van der Waals surface area contributed by atoms with Crippen LogP contribution in [0.3, 0.4) is 0 Å². The van der Waals surface area contributed by atoms with E-state index >= 15 is 0 Å². The number of hydrogen-bond donors (Lipinski definition) is 1. The maximum atomic E-state index is 12.0. The molecule has 1 amide bonds. The van der Waals surface area contributed by atoms with Crippen molar-refractivity contribution in [2.75, 3.05) is 19.8 Å². The van der Waals surface area contributed by atoms with Crippen molar-refractivity contribution < 1.29 is 23.8 Å². The van der Waals surface area contributed by atoms with Crippen molar-refractivity contribution in [1.82, 2.24) is 4.90 Å². The third-order valence-electron chi connectivity index (χ3n) is 2.63. The summed E-state index contributed by atoms with van der Waals surface area (Å²) in [6.07, 6.45) is 0. The molecule has 6 nitrogen and oxygen atoms in total. The number of carboxylic acids is 1. The van der Waals surface area contributed by atoms with Gasteiger partial charge in [0.05, 0.1) is 13.2 Å². The quantitative estimate of drug-likeness (QED) is 0.813. The number of nitrogens with zero attached hydrogens (tertiary/aromatic N) is 1. The Hall–Kier alpha value is -1.82. The standard InChI is InChI=1S/C11H13NO5/c1-7-2-3-9(17-7)10(13)12-4-5-16-6-8(12)11(14)15/h2-3,8H,4-6H2,1H3,(H,14,15)/t8-/m1/s1. The maximum Gasteiger partial charge on any atom is 0.328 e. The molecule has 1 fully saturated rings. The van der Waals surface area contributed by atoms with Gasteiger partial charge in [-0.2, -0.15) is 0 Å². The summed E-state index contributed by atoms with van der Waals surface area (Å²) in [5, 5.41) is 9.01. The van der Waals surface area contributed by atoms with Gasteiger partial charge in [0.25, 0.3) is 5.91 Å². The topological polar surface area (TPSA) is 80.0 Å². The molecule has 0 aliphatic carbocycles. The molecule has 0 bridgehead atoms. The molecule has 0 aromatic carbocycles. The van der Waals surface area contributed by atoms with E-state index in [1.165, 1.54) is 4.90 Å². The molecule has 1 aliphatic rings. The van der Waals surface area contributed by atoms with Gasteiger partial charge in [0.1, 0.15) is 5.76 Å². The Bertz CT molecular complexity index is 439. The van der Waals surface area contributed by atoms with Crippen LogP contribution >= 0.6 is 0 Å². The van der Waals surface area contributed by atoms with Gasteiger partial charge in [-0.25, -0.2) is 4.79 Å². The largest absolute Gasteiger partial charge is 0.480 e. The molecular weight excluding hydrogens is 226 g/mol. The average molecular weight is 239 g/mol. The van der Waals surface area contributed by atoms with Gasteiger partial charge >= 0.3 is 5.97 Å². The van der Waals surface area contributed by atoms with E-state index in [0.29, 0.717) is 12.4 Å². The highest BCUT2D eigenvalue weighted by molar-refractivity contribution is 5.94. The van der Waals surface area contributed by atoms with E-state index in [2.05, 4.69) is 0 Å². The Labute approximate surface area is 97.8 Å². The van der Waals surface area contributed by atoms with Crippen LogP contribution in [-0.2, 0) is 9.53 Å². The SMILES string of the molecule is Cc1ccc(C(=O)N2CCOC[C@@H]2C(=O)O)o1. The van der Waals surface area contributed by atoms with Gasteiger partial charge < -0.3 is 19.2 Å². The first-order chi connectivity index (χ1) is 8.09. The molecule has 1 N–H and O–H groups in total. The number of carbonyl (C=O) groups excluding carboxylic acids is 1. The molecule has 0 saturated carbocycles. The summed E-state index contributed by atoms with van der Waals surface area (Å²) in [6.45, 7) is 2.34. The minimum absolute atomic E-state index is 0.0146. The predicted molar refractivity (Wildman–Crippen MR) is 56.7 cm³/mol. The number of aryl methyl sites for hydroxylation is 1. The summed E-state index contributed by atoms with van der Waals surface area (Å²) in [5.74, 6) is -0.695. The minimum Gasteiger partial charge on any atom is -0.480 e. The van der Waals surface area contributed by atoms with Crippen LogP contribution in [-0.4, -0.2) is 47.7 Å². The Morgan fingerprint density at radius 1 is 1.47 bits per heavy atom. The van der Waals surface area contributed by atoms with E-state index < -0.39 is 17.9 Å². The number of amides is 1. The zero-order valence-corrected chi connectivity index (χ0v) is 9.38. The molecule has 92 valence electrons. The zero-order chi connectivity index (χ0) is 12.4. The zero-order valence-electron chi connectivity index (χ0n) is 9.38. The molecule has 0 radical (unpaired) electrons. The van der Waals surface area contributed by atoms with Crippen LogP contribution in [0.1, 0.15) is 16.3 Å². The maximum absolute atomic E-state index is 12.0. The highest BCUT2D eigenvalue weighted by atomic mass is 16.5. The second-order valence-electron chi connectivity index (χ2n) is 3.84. The summed E-state index contributed by atoms with van der Waals surface area (Å²) < 4.78 is 10.3. The van der Waals surface area contributed by atoms with Gasteiger partial charge in [-0.15, -0.1) is 0 Å². The van der Waals surface area contributed by atoms with Crippen LogP contribution in [0, 0.1) is 6.92 Å². The van der Waals surface area contributed by atoms with E-state index in [1.54, 1.807) is 19.1 Å². The van der Waals surface area contributed by atoms with Crippen molar-refractivity contribution in [3.05, 3.63) is 23.7 Å². The molecule has 2 heterocycles. The molecule has 1 atom stereocenters. The lowest BCUT2D eigenvalue weighted by Gasteiger charge is -2.32. The monoisotopic (exact) mass is 239 g/mol. The van der Waals surface area contributed by atoms with Crippen molar-refractivity contribution in [1.29, 1.82) is 0 Å². The lowest BCUT2D eigenvalue weighted by atomic mass is 10.2. The molecule has 2 rings (SSSR count). The third-order valence-corrected chi connectivity index (χ3v) is 2.63. The fourth-order valence-electron chi connectivity index (χ4n) is 1.74. The highest BCUT2D eigenvalue weighted by Gasteiger charge is 2.34. The summed E-state index contributed by atoms with van der Waals surface area (Å²) >= 11 is 0. The number of carbonyl (C=O) groups is 2. The first kappa shape index (κ1) is 11.7. The molecule has 0 unspecified atom stereocenters. The summed E-state index contributed by atoms with van der Waals surface area (Å²) in [4.78, 5) is 24.3. The van der Waals surface area contributed by atoms with Crippen molar-refractivity contribution >= 4 is 11.9 Å². The van der Waals surface area contributed by atoms with E-state index in [4.69, 9.17) is 14.3 Å². The summed E-state index contributed by atoms with van der Waals surface area (Å²) in [6, 6.07) is 2.27. The number of rotatable bonds is 2. The third kappa shape index (κ3) is 2.31. The van der Waals surface area contributed by atoms with Crippen LogP contribution < -0.4 is 0 Å². The Morgan fingerprint density at radius 3 is 2.82 bits per heavy atom. The van der Waals surface area contributed by atoms with Crippen molar-refractivity contribution in [2.24, 2.45) is 0 Å². The first-order valence-corrected chi connectivity index (χ1v) is 5.27. The number of hydrogen-bond acceptors (Lipinski definition) is 4. The normalized spacial score (nSPS) is 20.3. The number of ether oxygens (including phenoxy) is 1. The second kappa shape index (κ2) is 4.58. The van der Waals surface area contributed by atoms with Crippen LogP contribution in [0.2, 0.25) is 0 Å². The Balaban J connectivity index is 2.19. The lowest BCUT2D eigenvalue weighted by Crippen LogP contribution is -2.52. The second-order valence-corrected chi connectivity index (χ2v) is 3.84. The molecule has 1 aromatic heterocycles. The number of furan rings is 1. The molecule has 1 saturated heterocycles. The van der Waals surface area contributed by atoms with E-state index in [0.717, 1.165) is 0 Å². The Kier molecular flexibility index (Phi) is 3.14. The molecule has 1 aliphatic heterocycles. The minimum atomic E-state index is -1.07. The van der Waals surface area contributed by atoms with Gasteiger partial charge in [-0.1, -0.05) is 0 Å². The Morgan fingerprint density at radius 2 is 2.24 bits per heavy atom. The van der Waals surface area contributed by atoms with E-state index in [9.17, 15) is 9.59 Å². The van der Waals surface area contributed by atoms with Gasteiger partial charge in [0, 0.05) is 6.54 Å². The smallest absolute Gasteiger partial charge is 0.328 e. The van der Waals surface area contributed by atoms with E-state index in [-0.39, 0.29) is 18.9 Å². The van der Waals surface area contributed by atoms with Gasteiger partial charge in [0.2, 0.25) is 0 Å². The fraction of sp³-hybridized carbons (Fsp3) is 0.455. The highest BCUT2D eigenvalue weighted by Crippen LogP contribution is 2.15. The van der Waals surface area contributed by atoms with Crippen LogP contribution in [0.5, 0.6) is 0 Å². The average Bonchev–Trinajstić information content (AvgIpc) is 2.75. The first-order valence-electron chi connectivity index (χ1n) is 5.27. The summed E-state index contributed by atoms with van der Waals surface area (Å²) in [5.41, 5.74) is 0. The fourth-order valence-corrected chi connectivity index (χ4v) is 1.74. The van der Waals surface area contributed by atoms with Crippen molar-refractivity contribution in [3.63, 3.8) is 0 Å². The molecule has 1 aromatic rings. The van der Waals surface area contributed by atoms with Gasteiger partial charge in [-0.05, 0) is 19.1 Å². The van der Waals surface area contributed by atoms with Gasteiger partial charge in [0.15, 0.2) is 11.8 Å². The molecule has 17 heavy (non-hydrogen) atoms. The molecular formula is C11H13NO5. The van der Waals surface area contributed by atoms with Gasteiger partial charge in [-0.3, -0.25) is 4.79 Å². The lowest BCUT2D eigenvalue weighted by molar-refractivity contribution is -0.147. The van der Waals surface area contributed by atoms with Crippen molar-refractivity contribution in [2.45, 2.75) is 13.0 Å². The van der Waals surface area contributed by atoms with E-state index in [1.807, 2.05) is 0 Å². The molecule has 6 heteroatoms. The van der Waals surface area contributed by atoms with Crippen molar-refractivity contribution in [3.8, 4) is 0 Å². The van der Waals surface area contributed by atoms with Crippen LogP contribution in [0.25, 0.3) is 0 Å². The number of morpholine rings is 1. The van der Waals surface area contributed by atoms with Crippen LogP contribution in [0.15, 0.2) is 16.5 Å².